The predicted octanol–water partition coefficient (Wildman–Crippen LogP) is 4.37. The highest BCUT2D eigenvalue weighted by Gasteiger charge is 2.24. The van der Waals surface area contributed by atoms with E-state index in [1.54, 1.807) is 49.6 Å². The number of nitrogens with zero attached hydrogens (tertiary/aromatic N) is 3. The van der Waals surface area contributed by atoms with Crippen molar-refractivity contribution < 1.29 is 18.7 Å². The first kappa shape index (κ1) is 22.5. The second-order valence-electron chi connectivity index (χ2n) is 6.74. The van der Waals surface area contributed by atoms with Gasteiger partial charge in [0, 0.05) is 12.2 Å². The molecule has 3 rings (SSSR count). The highest BCUT2D eigenvalue weighted by molar-refractivity contribution is 7.99. The molecule has 0 saturated carbocycles. The van der Waals surface area contributed by atoms with Crippen molar-refractivity contribution in [2.45, 2.75) is 32.5 Å². The van der Waals surface area contributed by atoms with Gasteiger partial charge in [-0.3, -0.25) is 9.36 Å². The molecule has 0 radical (unpaired) electrons. The molecule has 162 valence electrons. The van der Waals surface area contributed by atoms with E-state index < -0.39 is 11.8 Å². The highest BCUT2D eigenvalue weighted by atomic mass is 32.2. The monoisotopic (exact) mass is 442 g/mol. The molecule has 0 unspecified atom stereocenters. The topological polar surface area (TPSA) is 89.9 Å². The van der Waals surface area contributed by atoms with Gasteiger partial charge in [0.15, 0.2) is 16.8 Å². The van der Waals surface area contributed by atoms with Gasteiger partial charge in [-0.05, 0) is 38.5 Å². The van der Waals surface area contributed by atoms with Crippen LogP contribution in [0.25, 0.3) is 11.4 Å². The maximum atomic E-state index is 14.2. The Balaban J connectivity index is 1.83. The van der Waals surface area contributed by atoms with E-state index >= 15 is 0 Å². The Hall–Kier alpha value is -3.20. The summed E-state index contributed by atoms with van der Waals surface area (Å²) in [6.07, 6.45) is 1.66. The molecule has 3 aromatic rings. The van der Waals surface area contributed by atoms with Crippen LogP contribution in [0.4, 0.5) is 4.39 Å². The van der Waals surface area contributed by atoms with Crippen molar-refractivity contribution in [3.05, 3.63) is 65.3 Å². The number of Topliss-reactive ketones (excluding diaryl/α,β-unsaturated/α-hetero) is 1. The Morgan fingerprint density at radius 2 is 2.03 bits per heavy atom. The first-order valence-electron chi connectivity index (χ1n) is 9.70. The van der Waals surface area contributed by atoms with Crippen molar-refractivity contribution in [1.82, 2.24) is 19.7 Å². The Bertz CT molecular complexity index is 1140. The van der Waals surface area contributed by atoms with E-state index in [-0.39, 0.29) is 18.1 Å². The maximum absolute atomic E-state index is 14.2. The number of carbonyl (C=O) groups excluding carboxylic acids is 2. The van der Waals surface area contributed by atoms with Crippen LogP contribution in [0.3, 0.4) is 0 Å². The number of aryl methyl sites for hydroxylation is 1. The molecule has 0 amide bonds. The van der Waals surface area contributed by atoms with Gasteiger partial charge in [-0.25, -0.2) is 9.18 Å². The highest BCUT2D eigenvalue weighted by Crippen LogP contribution is 2.27. The van der Waals surface area contributed by atoms with Crippen LogP contribution in [-0.4, -0.2) is 43.9 Å². The quantitative estimate of drug-likeness (QED) is 0.229. The summed E-state index contributed by atoms with van der Waals surface area (Å²) in [5.41, 5.74) is 2.20. The molecule has 1 N–H and O–H groups in total. The lowest BCUT2D eigenvalue weighted by atomic mass is 10.1. The lowest BCUT2D eigenvalue weighted by molar-refractivity contribution is 0.0525. The van der Waals surface area contributed by atoms with Gasteiger partial charge in [0.1, 0.15) is 5.82 Å². The molecule has 0 aliphatic rings. The number of allylic oxidation sites excluding steroid dienone is 1. The van der Waals surface area contributed by atoms with Gasteiger partial charge in [-0.2, -0.15) is 0 Å². The Kier molecular flexibility index (Phi) is 7.06. The smallest absolute Gasteiger partial charge is 0.340 e. The fourth-order valence-electron chi connectivity index (χ4n) is 3.27. The number of thioether (sulfide) groups is 1. The summed E-state index contributed by atoms with van der Waals surface area (Å²) in [4.78, 5) is 28.0. The molecule has 2 heterocycles. The number of rotatable bonds is 9. The van der Waals surface area contributed by atoms with Crippen molar-refractivity contribution >= 4 is 23.5 Å². The number of carbonyl (C=O) groups is 2. The number of hydrogen-bond acceptors (Lipinski definition) is 6. The molecule has 0 fully saturated rings. The summed E-state index contributed by atoms with van der Waals surface area (Å²) < 4.78 is 21.0. The van der Waals surface area contributed by atoms with E-state index in [2.05, 4.69) is 21.8 Å². The van der Waals surface area contributed by atoms with Crippen molar-refractivity contribution in [2.24, 2.45) is 0 Å². The number of ketones is 1. The Morgan fingerprint density at radius 3 is 2.71 bits per heavy atom. The number of aromatic nitrogens is 4. The van der Waals surface area contributed by atoms with Gasteiger partial charge < -0.3 is 9.72 Å². The van der Waals surface area contributed by atoms with Crippen LogP contribution in [0.2, 0.25) is 0 Å². The fraction of sp³-hybridized carbons (Fsp3) is 0.273. The summed E-state index contributed by atoms with van der Waals surface area (Å²) in [5, 5.41) is 8.73. The number of esters is 1. The zero-order valence-electron chi connectivity index (χ0n) is 17.6. The molecular formula is C22H23FN4O3S. The van der Waals surface area contributed by atoms with E-state index in [1.165, 1.54) is 17.8 Å². The number of nitrogens with one attached hydrogen (secondary N) is 1. The first-order valence-corrected chi connectivity index (χ1v) is 10.7. The van der Waals surface area contributed by atoms with E-state index in [0.717, 1.165) is 0 Å². The standard InChI is InChI=1S/C22H23FN4O3S/c1-5-11-27-20(15-9-7-8-10-16(15)23)25-26-22(27)31-12-17(28)19-13(3)18(14(4)24-19)21(29)30-6-2/h5,7-10,24H,1,6,11-12H2,2-4H3. The largest absolute Gasteiger partial charge is 0.462 e. The average molecular weight is 443 g/mol. The van der Waals surface area contributed by atoms with Crippen molar-refractivity contribution in [2.75, 3.05) is 12.4 Å². The van der Waals surface area contributed by atoms with Crippen molar-refractivity contribution in [3.8, 4) is 11.4 Å². The van der Waals surface area contributed by atoms with E-state index in [1.807, 2.05) is 0 Å². The molecule has 1 aromatic carbocycles. The third-order valence-electron chi connectivity index (χ3n) is 4.67. The molecular weight excluding hydrogens is 419 g/mol. The third kappa shape index (κ3) is 4.61. The summed E-state index contributed by atoms with van der Waals surface area (Å²) in [5.74, 6) is -0.626. The van der Waals surface area contributed by atoms with Crippen LogP contribution in [0.15, 0.2) is 42.1 Å². The summed E-state index contributed by atoms with van der Waals surface area (Å²) in [6, 6.07) is 6.31. The van der Waals surface area contributed by atoms with Crippen LogP contribution in [0.5, 0.6) is 0 Å². The Labute approximate surface area is 183 Å². The minimum atomic E-state index is -0.458. The third-order valence-corrected chi connectivity index (χ3v) is 5.64. The number of halogens is 1. The summed E-state index contributed by atoms with van der Waals surface area (Å²) >= 11 is 1.19. The summed E-state index contributed by atoms with van der Waals surface area (Å²) in [6.45, 7) is 9.52. The van der Waals surface area contributed by atoms with Crippen LogP contribution in [0, 0.1) is 19.7 Å². The van der Waals surface area contributed by atoms with Gasteiger partial charge in [0.05, 0.1) is 29.2 Å². The molecule has 0 aliphatic heterocycles. The number of hydrogen-bond donors (Lipinski definition) is 1. The molecule has 0 saturated heterocycles. The van der Waals surface area contributed by atoms with Gasteiger partial charge in [0.2, 0.25) is 0 Å². The van der Waals surface area contributed by atoms with Crippen LogP contribution in [0.1, 0.15) is 39.0 Å². The van der Waals surface area contributed by atoms with E-state index in [0.29, 0.717) is 45.6 Å². The molecule has 31 heavy (non-hydrogen) atoms. The van der Waals surface area contributed by atoms with Crippen LogP contribution < -0.4 is 0 Å². The number of H-pyrrole nitrogens is 1. The second kappa shape index (κ2) is 9.74. The number of aromatic amines is 1. The minimum Gasteiger partial charge on any atom is -0.462 e. The average Bonchev–Trinajstić information content (AvgIpc) is 3.27. The van der Waals surface area contributed by atoms with Gasteiger partial charge in [-0.1, -0.05) is 30.0 Å². The SMILES string of the molecule is C=CCn1c(SCC(=O)c2[nH]c(C)c(C(=O)OCC)c2C)nnc1-c1ccccc1F. The van der Waals surface area contributed by atoms with Crippen molar-refractivity contribution in [1.29, 1.82) is 0 Å². The fourth-order valence-corrected chi connectivity index (χ4v) is 4.09. The van der Waals surface area contributed by atoms with Gasteiger partial charge >= 0.3 is 5.97 Å². The second-order valence-corrected chi connectivity index (χ2v) is 7.69. The lowest BCUT2D eigenvalue weighted by Gasteiger charge is -2.08. The lowest BCUT2D eigenvalue weighted by Crippen LogP contribution is -2.09. The zero-order chi connectivity index (χ0) is 22.5. The molecule has 2 aromatic heterocycles. The van der Waals surface area contributed by atoms with E-state index in [4.69, 9.17) is 4.74 Å². The maximum Gasteiger partial charge on any atom is 0.340 e. The molecule has 0 spiro atoms. The van der Waals surface area contributed by atoms with Crippen LogP contribution in [-0.2, 0) is 11.3 Å². The van der Waals surface area contributed by atoms with E-state index in [9.17, 15) is 14.0 Å². The number of benzene rings is 1. The van der Waals surface area contributed by atoms with Crippen LogP contribution >= 0.6 is 11.8 Å². The Morgan fingerprint density at radius 1 is 1.29 bits per heavy atom. The van der Waals surface area contributed by atoms with Gasteiger partial charge in [0.25, 0.3) is 0 Å². The van der Waals surface area contributed by atoms with Crippen molar-refractivity contribution in [3.63, 3.8) is 0 Å². The normalized spacial score (nSPS) is 10.8. The molecule has 0 atom stereocenters. The number of ether oxygens (including phenoxy) is 1. The molecule has 0 bridgehead atoms. The predicted molar refractivity (Wildman–Crippen MR) is 117 cm³/mol. The van der Waals surface area contributed by atoms with Gasteiger partial charge in [-0.15, -0.1) is 16.8 Å². The molecule has 9 heteroatoms. The zero-order valence-corrected chi connectivity index (χ0v) is 18.4. The molecule has 0 aliphatic carbocycles. The molecule has 7 nitrogen and oxygen atoms in total. The minimum absolute atomic E-state index is 0.0651. The summed E-state index contributed by atoms with van der Waals surface area (Å²) in [7, 11) is 0. The first-order chi connectivity index (χ1) is 14.9.